The average molecular weight is 250 g/mol. The van der Waals surface area contributed by atoms with Gasteiger partial charge in [-0.15, -0.1) is 0 Å². The van der Waals surface area contributed by atoms with E-state index in [2.05, 4.69) is 24.1 Å². The van der Waals surface area contributed by atoms with E-state index in [1.165, 1.54) is 0 Å². The number of benzene rings is 1. The fourth-order valence-corrected chi connectivity index (χ4v) is 1.75. The van der Waals surface area contributed by atoms with Crippen LogP contribution in [0.3, 0.4) is 0 Å². The number of amides is 1. The van der Waals surface area contributed by atoms with Crippen molar-refractivity contribution in [1.82, 2.24) is 5.32 Å². The van der Waals surface area contributed by atoms with Gasteiger partial charge in [0.05, 0.1) is 6.10 Å². The van der Waals surface area contributed by atoms with E-state index in [1.54, 1.807) is 6.92 Å². The van der Waals surface area contributed by atoms with Crippen molar-refractivity contribution in [3.63, 3.8) is 0 Å². The van der Waals surface area contributed by atoms with E-state index in [1.807, 2.05) is 24.3 Å². The molecule has 0 aliphatic heterocycles. The Bertz CT molecular complexity index is 370. The SMILES string of the molecule is CCN(CC)c1ccc(C(=O)NC[C@@H](C)O)cc1. The summed E-state index contributed by atoms with van der Waals surface area (Å²) in [5.41, 5.74) is 1.73. The maximum atomic E-state index is 11.7. The lowest BCUT2D eigenvalue weighted by Crippen LogP contribution is -2.30. The molecule has 2 N–H and O–H groups in total. The quantitative estimate of drug-likeness (QED) is 0.807. The van der Waals surface area contributed by atoms with E-state index >= 15 is 0 Å². The first-order valence-electron chi connectivity index (χ1n) is 6.39. The molecule has 0 aliphatic rings. The van der Waals surface area contributed by atoms with E-state index in [9.17, 15) is 4.79 Å². The zero-order chi connectivity index (χ0) is 13.5. The molecule has 4 nitrogen and oxygen atoms in total. The number of nitrogens with zero attached hydrogens (tertiary/aromatic N) is 1. The number of hydrogen-bond acceptors (Lipinski definition) is 3. The summed E-state index contributed by atoms with van der Waals surface area (Å²) in [7, 11) is 0. The Morgan fingerprint density at radius 2 is 1.83 bits per heavy atom. The van der Waals surface area contributed by atoms with Crippen molar-refractivity contribution >= 4 is 11.6 Å². The third-order valence-electron chi connectivity index (χ3n) is 2.82. The Morgan fingerprint density at radius 1 is 1.28 bits per heavy atom. The van der Waals surface area contributed by atoms with Gasteiger partial charge in [-0.25, -0.2) is 0 Å². The number of carbonyl (C=O) groups is 1. The molecule has 0 fully saturated rings. The van der Waals surface area contributed by atoms with Crippen molar-refractivity contribution in [1.29, 1.82) is 0 Å². The van der Waals surface area contributed by atoms with E-state index < -0.39 is 6.10 Å². The van der Waals surface area contributed by atoms with Crippen LogP contribution in [-0.4, -0.2) is 36.8 Å². The van der Waals surface area contributed by atoms with Gasteiger partial charge in [0.2, 0.25) is 0 Å². The van der Waals surface area contributed by atoms with Crippen molar-refractivity contribution in [2.45, 2.75) is 26.9 Å². The van der Waals surface area contributed by atoms with Gasteiger partial charge >= 0.3 is 0 Å². The van der Waals surface area contributed by atoms with Gasteiger partial charge in [-0.3, -0.25) is 4.79 Å². The lowest BCUT2D eigenvalue weighted by molar-refractivity contribution is 0.0924. The number of aliphatic hydroxyl groups excluding tert-OH is 1. The number of rotatable bonds is 6. The van der Waals surface area contributed by atoms with Crippen LogP contribution in [-0.2, 0) is 0 Å². The molecule has 0 spiro atoms. The minimum atomic E-state index is -0.524. The first-order valence-corrected chi connectivity index (χ1v) is 6.39. The molecule has 0 radical (unpaired) electrons. The van der Waals surface area contributed by atoms with Gasteiger partial charge in [0.15, 0.2) is 0 Å². The predicted molar refractivity (Wildman–Crippen MR) is 74.0 cm³/mol. The molecule has 0 aromatic heterocycles. The van der Waals surface area contributed by atoms with Gasteiger partial charge in [-0.2, -0.15) is 0 Å². The molecule has 18 heavy (non-hydrogen) atoms. The number of carbonyl (C=O) groups excluding carboxylic acids is 1. The van der Waals surface area contributed by atoms with E-state index in [0.29, 0.717) is 5.56 Å². The van der Waals surface area contributed by atoms with Crippen molar-refractivity contribution in [2.24, 2.45) is 0 Å². The zero-order valence-corrected chi connectivity index (χ0v) is 11.3. The van der Waals surface area contributed by atoms with E-state index in [4.69, 9.17) is 5.11 Å². The van der Waals surface area contributed by atoms with Crippen molar-refractivity contribution in [3.05, 3.63) is 29.8 Å². The number of anilines is 1. The molecule has 0 saturated carbocycles. The summed E-state index contributed by atoms with van der Waals surface area (Å²) in [6.07, 6.45) is -0.524. The maximum Gasteiger partial charge on any atom is 0.251 e. The largest absolute Gasteiger partial charge is 0.392 e. The van der Waals surface area contributed by atoms with Gasteiger partial charge in [-0.05, 0) is 45.0 Å². The first-order chi connectivity index (χ1) is 8.58. The molecule has 0 bridgehead atoms. The summed E-state index contributed by atoms with van der Waals surface area (Å²) in [4.78, 5) is 14.0. The van der Waals surface area contributed by atoms with Crippen LogP contribution in [0.4, 0.5) is 5.69 Å². The van der Waals surface area contributed by atoms with Crippen LogP contribution < -0.4 is 10.2 Å². The summed E-state index contributed by atoms with van der Waals surface area (Å²) in [6, 6.07) is 7.52. The molecule has 1 rings (SSSR count). The van der Waals surface area contributed by atoms with Crippen molar-refractivity contribution in [2.75, 3.05) is 24.5 Å². The second kappa shape index (κ2) is 7.01. The minimum Gasteiger partial charge on any atom is -0.392 e. The summed E-state index contributed by atoms with van der Waals surface area (Å²) >= 11 is 0. The smallest absolute Gasteiger partial charge is 0.251 e. The maximum absolute atomic E-state index is 11.7. The molecule has 0 aliphatic carbocycles. The molecular weight excluding hydrogens is 228 g/mol. The highest BCUT2D eigenvalue weighted by Gasteiger charge is 2.07. The number of hydrogen-bond donors (Lipinski definition) is 2. The van der Waals surface area contributed by atoms with Crippen LogP contribution in [0.25, 0.3) is 0 Å². The predicted octanol–water partition coefficient (Wildman–Crippen LogP) is 1.64. The van der Waals surface area contributed by atoms with Gasteiger partial charge < -0.3 is 15.3 Å². The highest BCUT2D eigenvalue weighted by Crippen LogP contribution is 2.14. The van der Waals surface area contributed by atoms with Crippen LogP contribution in [0.1, 0.15) is 31.1 Å². The van der Waals surface area contributed by atoms with Gasteiger partial charge in [0, 0.05) is 30.9 Å². The van der Waals surface area contributed by atoms with Crippen LogP contribution >= 0.6 is 0 Å². The molecule has 1 aromatic rings. The number of aliphatic hydroxyl groups is 1. The Balaban J connectivity index is 2.67. The van der Waals surface area contributed by atoms with Gasteiger partial charge in [-0.1, -0.05) is 0 Å². The summed E-state index contributed by atoms with van der Waals surface area (Å²) in [5.74, 6) is -0.151. The normalized spacial score (nSPS) is 12.0. The molecule has 4 heteroatoms. The lowest BCUT2D eigenvalue weighted by Gasteiger charge is -2.21. The Hall–Kier alpha value is -1.55. The Labute approximate surface area is 109 Å². The first kappa shape index (κ1) is 14.5. The molecular formula is C14H22N2O2. The lowest BCUT2D eigenvalue weighted by atomic mass is 10.2. The summed E-state index contributed by atoms with van der Waals surface area (Å²) in [6.45, 7) is 8.02. The third-order valence-corrected chi connectivity index (χ3v) is 2.82. The minimum absolute atomic E-state index is 0.151. The Kier molecular flexibility index (Phi) is 5.65. The fourth-order valence-electron chi connectivity index (χ4n) is 1.75. The number of nitrogens with one attached hydrogen (secondary N) is 1. The van der Waals surface area contributed by atoms with Crippen LogP contribution in [0.2, 0.25) is 0 Å². The van der Waals surface area contributed by atoms with Crippen LogP contribution in [0, 0.1) is 0 Å². The molecule has 0 unspecified atom stereocenters. The average Bonchev–Trinajstić information content (AvgIpc) is 2.38. The van der Waals surface area contributed by atoms with Crippen molar-refractivity contribution < 1.29 is 9.90 Å². The fraction of sp³-hybridized carbons (Fsp3) is 0.500. The molecule has 0 heterocycles. The molecule has 100 valence electrons. The van der Waals surface area contributed by atoms with Gasteiger partial charge in [0.25, 0.3) is 5.91 Å². The topological polar surface area (TPSA) is 52.6 Å². The monoisotopic (exact) mass is 250 g/mol. The molecule has 1 atom stereocenters. The van der Waals surface area contributed by atoms with Crippen LogP contribution in [0.15, 0.2) is 24.3 Å². The molecule has 1 aromatic carbocycles. The zero-order valence-electron chi connectivity index (χ0n) is 11.3. The summed E-state index contributed by atoms with van der Waals surface area (Å²) < 4.78 is 0. The third kappa shape index (κ3) is 4.04. The highest BCUT2D eigenvalue weighted by molar-refractivity contribution is 5.94. The highest BCUT2D eigenvalue weighted by atomic mass is 16.3. The van der Waals surface area contributed by atoms with Crippen molar-refractivity contribution in [3.8, 4) is 0 Å². The molecule has 1 amide bonds. The van der Waals surface area contributed by atoms with E-state index in [-0.39, 0.29) is 12.5 Å². The molecule has 0 saturated heterocycles. The second-order valence-corrected chi connectivity index (χ2v) is 4.28. The Morgan fingerprint density at radius 3 is 2.28 bits per heavy atom. The standard InChI is InChI=1S/C14H22N2O2/c1-4-16(5-2)13-8-6-12(7-9-13)14(18)15-10-11(3)17/h6-9,11,17H,4-5,10H2,1-3H3,(H,15,18)/t11-/m1/s1. The van der Waals surface area contributed by atoms with Crippen LogP contribution in [0.5, 0.6) is 0 Å². The van der Waals surface area contributed by atoms with Gasteiger partial charge in [0.1, 0.15) is 0 Å². The van der Waals surface area contributed by atoms with E-state index in [0.717, 1.165) is 18.8 Å². The summed E-state index contributed by atoms with van der Waals surface area (Å²) in [5, 5.41) is 11.8. The second-order valence-electron chi connectivity index (χ2n) is 4.28.